The largest absolute Gasteiger partial charge is 0.507 e. The second kappa shape index (κ2) is 9.24. The number of aliphatic hydroxyl groups excluding tert-OH is 1. The number of likely N-dealkylation sites (N-methyl/N-ethyl adjacent to an activating group) is 1. The maximum absolute atomic E-state index is 12.8. The lowest BCUT2D eigenvalue weighted by molar-refractivity contribution is -0.140. The molecule has 0 aliphatic carbocycles. The number of Topliss-reactive ketones (excluding diaryl/α,β-unsaturated/α-hetero) is 1. The molecule has 0 saturated carbocycles. The van der Waals surface area contributed by atoms with Crippen LogP contribution in [0.4, 0.5) is 0 Å². The minimum Gasteiger partial charge on any atom is -0.507 e. The lowest BCUT2D eigenvalue weighted by atomic mass is 10.00. The molecule has 1 aliphatic heterocycles. The van der Waals surface area contributed by atoms with Gasteiger partial charge in [0.2, 0.25) is 0 Å². The highest BCUT2D eigenvalue weighted by Gasteiger charge is 2.46. The Kier molecular flexibility index (Phi) is 6.71. The molecule has 1 atom stereocenters. The van der Waals surface area contributed by atoms with Gasteiger partial charge in [-0.15, -0.1) is 11.3 Å². The van der Waals surface area contributed by atoms with E-state index in [9.17, 15) is 14.7 Å². The van der Waals surface area contributed by atoms with Crippen molar-refractivity contribution in [3.8, 4) is 5.75 Å². The molecule has 0 radical (unpaired) electrons. The summed E-state index contributed by atoms with van der Waals surface area (Å²) in [6.45, 7) is 3.67. The van der Waals surface area contributed by atoms with Crippen LogP contribution in [0, 0.1) is 0 Å². The highest BCUT2D eigenvalue weighted by Crippen LogP contribution is 2.41. The number of thiophene rings is 1. The molecule has 1 fully saturated rings. The second-order valence-corrected chi connectivity index (χ2v) is 8.16. The highest BCUT2D eigenvalue weighted by atomic mass is 32.1. The molecule has 1 aliphatic rings. The summed E-state index contributed by atoms with van der Waals surface area (Å²) in [5.41, 5.74) is 0.624. The van der Waals surface area contributed by atoms with Crippen molar-refractivity contribution in [1.29, 1.82) is 0 Å². The maximum Gasteiger partial charge on any atom is 0.295 e. The zero-order valence-electron chi connectivity index (χ0n) is 16.9. The normalized spacial score (nSPS) is 18.6. The molecule has 1 aromatic carbocycles. The summed E-state index contributed by atoms with van der Waals surface area (Å²) in [6, 6.07) is 10.1. The van der Waals surface area contributed by atoms with Crippen LogP contribution in [-0.4, -0.2) is 60.4 Å². The van der Waals surface area contributed by atoms with Gasteiger partial charge in [-0.05, 0) is 56.2 Å². The number of benzene rings is 1. The van der Waals surface area contributed by atoms with Crippen molar-refractivity contribution < 1.29 is 19.4 Å². The summed E-state index contributed by atoms with van der Waals surface area (Å²) < 4.78 is 5.58. The van der Waals surface area contributed by atoms with E-state index in [2.05, 4.69) is 0 Å². The Balaban J connectivity index is 1.99. The first kappa shape index (κ1) is 21.1. The first-order valence-electron chi connectivity index (χ1n) is 9.63. The van der Waals surface area contributed by atoms with E-state index in [4.69, 9.17) is 4.74 Å². The predicted octanol–water partition coefficient (Wildman–Crippen LogP) is 3.52. The van der Waals surface area contributed by atoms with Gasteiger partial charge in [0.1, 0.15) is 11.5 Å². The van der Waals surface area contributed by atoms with Crippen molar-refractivity contribution in [3.05, 3.63) is 57.8 Å². The quantitative estimate of drug-likeness (QED) is 0.407. The third-order valence-electron chi connectivity index (χ3n) is 4.74. The SMILES string of the molecule is CCCOc1ccc(C(O)=C2C(=O)C(=O)N(CCN(C)C)[C@@H]2c2cccs2)cc1. The first-order chi connectivity index (χ1) is 13.9. The van der Waals surface area contributed by atoms with Crippen LogP contribution in [0.5, 0.6) is 5.75 Å². The Labute approximate surface area is 175 Å². The van der Waals surface area contributed by atoms with Crippen LogP contribution >= 0.6 is 11.3 Å². The lowest BCUT2D eigenvalue weighted by Crippen LogP contribution is -2.35. The summed E-state index contributed by atoms with van der Waals surface area (Å²) >= 11 is 1.47. The number of likely N-dealkylation sites (tertiary alicyclic amines) is 1. The fraction of sp³-hybridized carbons (Fsp3) is 0.364. The zero-order valence-corrected chi connectivity index (χ0v) is 17.7. The molecule has 0 spiro atoms. The van der Waals surface area contributed by atoms with Gasteiger partial charge in [0.05, 0.1) is 18.2 Å². The van der Waals surface area contributed by atoms with Crippen LogP contribution in [0.25, 0.3) is 5.76 Å². The molecule has 1 aromatic heterocycles. The maximum atomic E-state index is 12.8. The van der Waals surface area contributed by atoms with Gasteiger partial charge < -0.3 is 19.6 Å². The Morgan fingerprint density at radius 3 is 2.52 bits per heavy atom. The smallest absolute Gasteiger partial charge is 0.295 e. The van der Waals surface area contributed by atoms with Crippen molar-refractivity contribution in [1.82, 2.24) is 9.80 Å². The Hall–Kier alpha value is -2.64. The van der Waals surface area contributed by atoms with Crippen LogP contribution in [0.15, 0.2) is 47.4 Å². The van der Waals surface area contributed by atoms with E-state index in [1.54, 1.807) is 29.2 Å². The molecular formula is C22H26N2O4S. The fourth-order valence-electron chi connectivity index (χ4n) is 3.25. The van der Waals surface area contributed by atoms with Gasteiger partial charge in [-0.3, -0.25) is 9.59 Å². The summed E-state index contributed by atoms with van der Waals surface area (Å²) in [4.78, 5) is 30.0. The number of hydrogen-bond acceptors (Lipinski definition) is 6. The third-order valence-corrected chi connectivity index (χ3v) is 5.67. The van der Waals surface area contributed by atoms with Gasteiger partial charge >= 0.3 is 0 Å². The van der Waals surface area contributed by atoms with E-state index in [1.807, 2.05) is 43.4 Å². The van der Waals surface area contributed by atoms with Gasteiger partial charge in [-0.25, -0.2) is 0 Å². The van der Waals surface area contributed by atoms with Gasteiger partial charge in [0.25, 0.3) is 11.7 Å². The fourth-order valence-corrected chi connectivity index (χ4v) is 4.09. The van der Waals surface area contributed by atoms with Crippen molar-refractivity contribution in [2.75, 3.05) is 33.8 Å². The van der Waals surface area contributed by atoms with Crippen molar-refractivity contribution in [2.24, 2.45) is 0 Å². The number of ether oxygens (including phenoxy) is 1. The standard InChI is InChI=1S/C22H26N2O4S/c1-4-13-28-16-9-7-15(8-10-16)20(25)18-19(17-6-5-14-29-17)24(12-11-23(2)3)22(27)21(18)26/h5-10,14,19,25H,4,11-13H2,1-3H3/t19-/m1/s1. The summed E-state index contributed by atoms with van der Waals surface area (Å²) in [7, 11) is 3.83. The van der Waals surface area contributed by atoms with Crippen LogP contribution < -0.4 is 4.74 Å². The Bertz CT molecular complexity index is 888. The minimum absolute atomic E-state index is 0.137. The molecule has 3 rings (SSSR count). The Morgan fingerprint density at radius 2 is 1.93 bits per heavy atom. The molecule has 7 heteroatoms. The second-order valence-electron chi connectivity index (χ2n) is 7.18. The molecular weight excluding hydrogens is 388 g/mol. The van der Waals surface area contributed by atoms with Gasteiger partial charge in [-0.2, -0.15) is 0 Å². The highest BCUT2D eigenvalue weighted by molar-refractivity contribution is 7.10. The first-order valence-corrected chi connectivity index (χ1v) is 10.5. The number of ketones is 1. The lowest BCUT2D eigenvalue weighted by Gasteiger charge is -2.25. The van der Waals surface area contributed by atoms with E-state index >= 15 is 0 Å². The molecule has 0 unspecified atom stereocenters. The van der Waals surface area contributed by atoms with Gasteiger partial charge in [-0.1, -0.05) is 13.0 Å². The Morgan fingerprint density at radius 1 is 1.21 bits per heavy atom. The predicted molar refractivity (Wildman–Crippen MR) is 114 cm³/mol. The molecule has 1 amide bonds. The van der Waals surface area contributed by atoms with Crippen LogP contribution in [0.3, 0.4) is 0 Å². The van der Waals surface area contributed by atoms with E-state index in [-0.39, 0.29) is 11.3 Å². The molecule has 2 heterocycles. The van der Waals surface area contributed by atoms with Crippen LogP contribution in [-0.2, 0) is 9.59 Å². The van der Waals surface area contributed by atoms with Crippen molar-refractivity contribution >= 4 is 28.8 Å². The molecule has 29 heavy (non-hydrogen) atoms. The average Bonchev–Trinajstić information content (AvgIpc) is 3.32. The zero-order chi connectivity index (χ0) is 21.0. The number of carbonyl (C=O) groups excluding carboxylic acids is 2. The molecule has 0 bridgehead atoms. The number of carbonyl (C=O) groups is 2. The van der Waals surface area contributed by atoms with Crippen LogP contribution in [0.2, 0.25) is 0 Å². The number of aliphatic hydroxyl groups is 1. The number of nitrogens with zero attached hydrogens (tertiary/aromatic N) is 2. The van der Waals surface area contributed by atoms with Crippen molar-refractivity contribution in [2.45, 2.75) is 19.4 Å². The summed E-state index contributed by atoms with van der Waals surface area (Å²) in [6.07, 6.45) is 0.902. The van der Waals surface area contributed by atoms with E-state index in [0.29, 0.717) is 31.0 Å². The third kappa shape index (κ3) is 4.52. The molecule has 1 saturated heterocycles. The van der Waals surface area contributed by atoms with E-state index in [0.717, 1.165) is 11.3 Å². The number of amides is 1. The van der Waals surface area contributed by atoms with E-state index < -0.39 is 17.7 Å². The van der Waals surface area contributed by atoms with Crippen LogP contribution in [0.1, 0.15) is 29.8 Å². The number of hydrogen-bond donors (Lipinski definition) is 1. The van der Waals surface area contributed by atoms with E-state index in [1.165, 1.54) is 11.3 Å². The number of rotatable bonds is 8. The molecule has 154 valence electrons. The van der Waals surface area contributed by atoms with Crippen molar-refractivity contribution in [3.63, 3.8) is 0 Å². The minimum atomic E-state index is -0.647. The average molecular weight is 415 g/mol. The molecule has 2 aromatic rings. The molecule has 6 nitrogen and oxygen atoms in total. The topological polar surface area (TPSA) is 70.1 Å². The summed E-state index contributed by atoms with van der Waals surface area (Å²) in [5.74, 6) is -0.679. The molecule has 1 N–H and O–H groups in total. The summed E-state index contributed by atoms with van der Waals surface area (Å²) in [5, 5.41) is 12.9. The van der Waals surface area contributed by atoms with Gasteiger partial charge in [0.15, 0.2) is 0 Å². The van der Waals surface area contributed by atoms with Gasteiger partial charge in [0, 0.05) is 23.5 Å². The monoisotopic (exact) mass is 414 g/mol.